The van der Waals surface area contributed by atoms with Gasteiger partial charge in [-0.1, -0.05) is 35.9 Å². The number of sulfone groups is 1. The zero-order chi connectivity index (χ0) is 25.8. The Hall–Kier alpha value is -2.91. The topological polar surface area (TPSA) is 112 Å². The lowest BCUT2D eigenvalue weighted by Crippen LogP contribution is -2.53. The minimum Gasteiger partial charge on any atom is -0.508 e. The first-order valence-corrected chi connectivity index (χ1v) is 14.3. The van der Waals surface area contributed by atoms with Gasteiger partial charge >= 0.3 is 0 Å². The molecular weight excluding hydrogens is 504 g/mol. The number of hydrogen-bond acceptors (Lipinski definition) is 6. The van der Waals surface area contributed by atoms with E-state index in [-0.39, 0.29) is 23.2 Å². The molecule has 1 N–H and O–H groups in total. The molecule has 3 aliphatic rings. The fourth-order valence-corrected chi connectivity index (χ4v) is 8.25. The zero-order valence-corrected chi connectivity index (χ0v) is 21.3. The van der Waals surface area contributed by atoms with Crippen LogP contribution in [0.1, 0.15) is 47.1 Å². The Morgan fingerprint density at radius 3 is 2.56 bits per heavy atom. The molecule has 2 aromatic rings. The lowest BCUT2D eigenvalue weighted by atomic mass is 9.75. The Labute approximate surface area is 214 Å². The van der Waals surface area contributed by atoms with E-state index in [9.17, 15) is 27.9 Å². The number of benzene rings is 2. The molecule has 0 radical (unpaired) electrons. The molecule has 3 aliphatic heterocycles. The summed E-state index contributed by atoms with van der Waals surface area (Å²) in [6.45, 7) is 2.34. The van der Waals surface area contributed by atoms with Crippen LogP contribution < -0.4 is 0 Å². The van der Waals surface area contributed by atoms with Crippen molar-refractivity contribution in [2.24, 2.45) is 5.92 Å². The molecule has 2 aromatic carbocycles. The van der Waals surface area contributed by atoms with Gasteiger partial charge in [-0.3, -0.25) is 19.3 Å². The first-order chi connectivity index (χ1) is 17.1. The molecule has 4 atom stereocenters. The molecular formula is C26H27ClN2O6S. The first kappa shape index (κ1) is 24.8. The highest BCUT2D eigenvalue weighted by Crippen LogP contribution is 2.48. The molecule has 0 spiro atoms. The van der Waals surface area contributed by atoms with Gasteiger partial charge in [0.1, 0.15) is 11.6 Å². The molecule has 0 aliphatic carbocycles. The standard InChI is InChI=1S/C26H27ClN2O6S/c1-15-7-8-18-19(10-15)24(16-4-2-5-17(30)11-16)26(33)29(23(32)12-27)25(18)20-13-36(34,35)14-21(20)28-9-3-6-22(28)31/h2,4-5,7-8,10-11,20-21,24-25,30H,3,6,9,12-14H2,1H3. The second-order valence-electron chi connectivity index (χ2n) is 9.84. The number of alkyl halides is 1. The molecule has 8 nitrogen and oxygen atoms in total. The zero-order valence-electron chi connectivity index (χ0n) is 19.8. The van der Waals surface area contributed by atoms with Crippen molar-refractivity contribution in [1.29, 1.82) is 0 Å². The molecule has 3 heterocycles. The van der Waals surface area contributed by atoms with Gasteiger partial charge in [-0.25, -0.2) is 8.42 Å². The predicted octanol–water partition coefficient (Wildman–Crippen LogP) is 2.52. The Morgan fingerprint density at radius 2 is 1.89 bits per heavy atom. The summed E-state index contributed by atoms with van der Waals surface area (Å²) >= 11 is 5.97. The summed E-state index contributed by atoms with van der Waals surface area (Å²) in [5.41, 5.74) is 2.73. The van der Waals surface area contributed by atoms with Crippen LogP contribution in [0.15, 0.2) is 42.5 Å². The van der Waals surface area contributed by atoms with Crippen molar-refractivity contribution in [3.05, 3.63) is 64.7 Å². The minimum absolute atomic E-state index is 0.0126. The van der Waals surface area contributed by atoms with Crippen molar-refractivity contribution in [1.82, 2.24) is 9.80 Å². The third-order valence-electron chi connectivity index (χ3n) is 7.50. The van der Waals surface area contributed by atoms with Crippen molar-refractivity contribution in [3.63, 3.8) is 0 Å². The highest BCUT2D eigenvalue weighted by atomic mass is 35.5. The molecule has 0 saturated carbocycles. The quantitative estimate of drug-likeness (QED) is 0.608. The number of aryl methyl sites for hydroxylation is 1. The summed E-state index contributed by atoms with van der Waals surface area (Å²) in [5.74, 6) is -3.72. The van der Waals surface area contributed by atoms with Crippen LogP contribution in [0.2, 0.25) is 0 Å². The van der Waals surface area contributed by atoms with Crippen molar-refractivity contribution < 1.29 is 27.9 Å². The fourth-order valence-electron chi connectivity index (χ4n) is 6.05. The van der Waals surface area contributed by atoms with Crippen molar-refractivity contribution >= 4 is 39.2 Å². The molecule has 36 heavy (non-hydrogen) atoms. The maximum atomic E-state index is 14.1. The van der Waals surface area contributed by atoms with E-state index in [1.165, 1.54) is 12.1 Å². The molecule has 5 rings (SSSR count). The SMILES string of the molecule is Cc1ccc2c(c1)C(c1cccc(O)c1)C(=O)N(C(=O)CCl)C2C1CS(=O)(=O)CC1N1CCCC1=O. The number of fused-ring (bicyclic) bond motifs is 1. The van der Waals surface area contributed by atoms with Crippen LogP contribution >= 0.6 is 11.6 Å². The van der Waals surface area contributed by atoms with Crippen LogP contribution in [0, 0.1) is 12.8 Å². The van der Waals surface area contributed by atoms with Gasteiger partial charge in [0.05, 0.1) is 29.5 Å². The maximum Gasteiger partial charge on any atom is 0.244 e. The Balaban J connectivity index is 1.71. The van der Waals surface area contributed by atoms with Gasteiger partial charge in [-0.05, 0) is 42.2 Å². The largest absolute Gasteiger partial charge is 0.508 e. The highest BCUT2D eigenvalue weighted by molar-refractivity contribution is 7.91. The smallest absolute Gasteiger partial charge is 0.244 e. The number of phenols is 1. The second-order valence-corrected chi connectivity index (χ2v) is 12.3. The van der Waals surface area contributed by atoms with Crippen LogP contribution in [0.4, 0.5) is 0 Å². The van der Waals surface area contributed by atoms with E-state index in [2.05, 4.69) is 0 Å². The Morgan fingerprint density at radius 1 is 1.11 bits per heavy atom. The number of carbonyl (C=O) groups excluding carboxylic acids is 3. The normalized spacial score (nSPS) is 27.4. The van der Waals surface area contributed by atoms with Gasteiger partial charge < -0.3 is 10.0 Å². The number of phenolic OH excluding ortho intramolecular Hbond substituents is 1. The molecule has 4 unspecified atom stereocenters. The van der Waals surface area contributed by atoms with E-state index >= 15 is 0 Å². The third-order valence-corrected chi connectivity index (χ3v) is 9.47. The van der Waals surface area contributed by atoms with E-state index in [4.69, 9.17) is 11.6 Å². The van der Waals surface area contributed by atoms with Gasteiger partial charge in [0.2, 0.25) is 17.7 Å². The van der Waals surface area contributed by atoms with E-state index in [1.54, 1.807) is 17.0 Å². The monoisotopic (exact) mass is 530 g/mol. The van der Waals surface area contributed by atoms with E-state index in [0.717, 1.165) is 10.5 Å². The molecule has 0 aromatic heterocycles. The minimum atomic E-state index is -3.52. The number of likely N-dealkylation sites (tertiary alicyclic amines) is 1. The lowest BCUT2D eigenvalue weighted by molar-refractivity contribution is -0.149. The molecule has 2 saturated heterocycles. The predicted molar refractivity (Wildman–Crippen MR) is 133 cm³/mol. The van der Waals surface area contributed by atoms with E-state index in [0.29, 0.717) is 36.1 Å². The molecule has 0 bridgehead atoms. The van der Waals surface area contributed by atoms with Crippen molar-refractivity contribution in [2.75, 3.05) is 23.9 Å². The van der Waals surface area contributed by atoms with Crippen molar-refractivity contribution in [3.8, 4) is 5.75 Å². The first-order valence-electron chi connectivity index (χ1n) is 11.9. The molecule has 190 valence electrons. The van der Waals surface area contributed by atoms with E-state index < -0.39 is 51.5 Å². The summed E-state index contributed by atoms with van der Waals surface area (Å²) < 4.78 is 25.8. The second kappa shape index (κ2) is 9.19. The summed E-state index contributed by atoms with van der Waals surface area (Å²) in [5, 5.41) is 10.1. The number of hydrogen-bond donors (Lipinski definition) is 1. The third kappa shape index (κ3) is 4.18. The molecule has 2 fully saturated rings. The van der Waals surface area contributed by atoms with Crippen LogP contribution in [-0.2, 0) is 24.2 Å². The number of carbonyl (C=O) groups is 3. The number of imide groups is 1. The van der Waals surface area contributed by atoms with Gasteiger partial charge in [-0.15, -0.1) is 11.6 Å². The lowest BCUT2D eigenvalue weighted by Gasteiger charge is -2.44. The molecule has 10 heteroatoms. The van der Waals surface area contributed by atoms with Crippen LogP contribution in [0.25, 0.3) is 0 Å². The fraction of sp³-hybridized carbons (Fsp3) is 0.423. The average molecular weight is 531 g/mol. The summed E-state index contributed by atoms with van der Waals surface area (Å²) in [6.07, 6.45) is 0.998. The Bertz CT molecular complexity index is 1360. The number of amides is 3. The number of halogens is 1. The number of rotatable bonds is 4. The van der Waals surface area contributed by atoms with Crippen LogP contribution in [-0.4, -0.2) is 71.0 Å². The van der Waals surface area contributed by atoms with E-state index in [1.807, 2.05) is 25.1 Å². The summed E-state index contributed by atoms with van der Waals surface area (Å²) in [4.78, 5) is 42.6. The number of aromatic hydroxyl groups is 1. The summed E-state index contributed by atoms with van der Waals surface area (Å²) in [6, 6.07) is 10.4. The van der Waals surface area contributed by atoms with Gasteiger partial charge in [0.15, 0.2) is 9.84 Å². The van der Waals surface area contributed by atoms with Crippen molar-refractivity contribution in [2.45, 2.75) is 37.8 Å². The summed E-state index contributed by atoms with van der Waals surface area (Å²) in [7, 11) is -3.52. The highest BCUT2D eigenvalue weighted by Gasteiger charge is 2.54. The average Bonchev–Trinajstić information content (AvgIpc) is 3.39. The van der Waals surface area contributed by atoms with Crippen LogP contribution in [0.5, 0.6) is 5.75 Å². The van der Waals surface area contributed by atoms with Gasteiger partial charge in [0, 0.05) is 18.9 Å². The van der Waals surface area contributed by atoms with Gasteiger partial charge in [-0.2, -0.15) is 0 Å². The van der Waals surface area contributed by atoms with Crippen LogP contribution in [0.3, 0.4) is 0 Å². The maximum absolute atomic E-state index is 14.1. The van der Waals surface area contributed by atoms with Gasteiger partial charge in [0.25, 0.3) is 0 Å². The Kier molecular flexibility index (Phi) is 6.32. The number of nitrogens with zero attached hydrogens (tertiary/aromatic N) is 2. The molecule has 3 amide bonds.